The molecule has 25 heavy (non-hydrogen) atoms. The predicted octanol–water partition coefficient (Wildman–Crippen LogP) is 2.02. The average Bonchev–Trinajstić information content (AvgIpc) is 2.60. The molecule has 0 saturated heterocycles. The van der Waals surface area contributed by atoms with E-state index in [1.54, 1.807) is 0 Å². The molecule has 7 nitrogen and oxygen atoms in total. The van der Waals surface area contributed by atoms with Gasteiger partial charge >= 0.3 is 5.69 Å². The Morgan fingerprint density at radius 3 is 2.68 bits per heavy atom. The molecule has 1 unspecified atom stereocenters. The quantitative estimate of drug-likeness (QED) is 0.736. The second-order valence-electron chi connectivity index (χ2n) is 6.47. The normalized spacial score (nSPS) is 16.8. The molecule has 1 aromatic rings. The maximum absolute atomic E-state index is 13.0. The highest BCUT2D eigenvalue weighted by molar-refractivity contribution is 5.97. The first-order chi connectivity index (χ1) is 12.0. The number of unbranched alkanes of at least 4 members (excludes halogenated alkanes) is 1. The zero-order valence-electron chi connectivity index (χ0n) is 15.1. The molecule has 7 heteroatoms. The Bertz CT molecular complexity index is 748. The Labute approximate surface area is 147 Å². The van der Waals surface area contributed by atoms with Crippen LogP contribution in [0.1, 0.15) is 52.4 Å². The van der Waals surface area contributed by atoms with E-state index in [2.05, 4.69) is 11.1 Å². The smallest absolute Gasteiger partial charge is 0.330 e. The molecule has 1 aliphatic carbocycles. The summed E-state index contributed by atoms with van der Waals surface area (Å²) in [5.41, 5.74) is 5.15. The first-order valence-electron chi connectivity index (χ1n) is 9.10. The molecule has 0 spiro atoms. The molecule has 3 N–H and O–H groups in total. The van der Waals surface area contributed by atoms with Gasteiger partial charge in [0, 0.05) is 19.0 Å². The van der Waals surface area contributed by atoms with E-state index < -0.39 is 11.2 Å². The number of nitrogens with one attached hydrogen (secondary N) is 1. The van der Waals surface area contributed by atoms with E-state index in [0.29, 0.717) is 25.9 Å². The Kier molecular flexibility index (Phi) is 6.61. The van der Waals surface area contributed by atoms with E-state index in [1.807, 2.05) is 19.9 Å². The van der Waals surface area contributed by atoms with Gasteiger partial charge < -0.3 is 10.6 Å². The third-order valence-corrected chi connectivity index (χ3v) is 4.55. The summed E-state index contributed by atoms with van der Waals surface area (Å²) >= 11 is 0. The van der Waals surface area contributed by atoms with Gasteiger partial charge in [0.05, 0.1) is 0 Å². The van der Waals surface area contributed by atoms with Crippen LogP contribution >= 0.6 is 0 Å². The molecular weight excluding hydrogens is 320 g/mol. The summed E-state index contributed by atoms with van der Waals surface area (Å²) in [6.45, 7) is 4.78. The van der Waals surface area contributed by atoms with Gasteiger partial charge in [0.2, 0.25) is 5.91 Å². The summed E-state index contributed by atoms with van der Waals surface area (Å²) in [5.74, 6) is -0.161. The second kappa shape index (κ2) is 8.69. The Morgan fingerprint density at radius 2 is 2.08 bits per heavy atom. The average molecular weight is 348 g/mol. The third kappa shape index (κ3) is 4.21. The highest BCUT2D eigenvalue weighted by Crippen LogP contribution is 2.25. The molecule has 1 atom stereocenters. The number of rotatable bonds is 7. The molecule has 1 aromatic heterocycles. The van der Waals surface area contributed by atoms with Gasteiger partial charge in [0.1, 0.15) is 5.82 Å². The van der Waals surface area contributed by atoms with Gasteiger partial charge in [-0.25, -0.2) is 4.79 Å². The number of nitrogens with two attached hydrogens (primary N) is 1. The molecule has 0 radical (unpaired) electrons. The van der Waals surface area contributed by atoms with Crippen molar-refractivity contribution in [3.8, 4) is 0 Å². The summed E-state index contributed by atoms with van der Waals surface area (Å²) in [6.07, 6.45) is 8.73. The molecule has 138 valence electrons. The summed E-state index contributed by atoms with van der Waals surface area (Å²) in [5, 5.41) is 0. The number of anilines is 2. The van der Waals surface area contributed by atoms with Gasteiger partial charge in [-0.2, -0.15) is 0 Å². The van der Waals surface area contributed by atoms with Crippen molar-refractivity contribution in [3.05, 3.63) is 33.0 Å². The van der Waals surface area contributed by atoms with Crippen molar-refractivity contribution < 1.29 is 4.79 Å². The number of allylic oxidation sites excluding steroid dienone is 2. The summed E-state index contributed by atoms with van der Waals surface area (Å²) < 4.78 is 1.36. The topological polar surface area (TPSA) is 101 Å². The highest BCUT2D eigenvalue weighted by atomic mass is 16.2. The fourth-order valence-corrected chi connectivity index (χ4v) is 3.17. The van der Waals surface area contributed by atoms with Crippen molar-refractivity contribution in [1.29, 1.82) is 0 Å². The van der Waals surface area contributed by atoms with Gasteiger partial charge in [-0.3, -0.25) is 19.1 Å². The van der Waals surface area contributed by atoms with E-state index in [-0.39, 0.29) is 23.3 Å². The lowest BCUT2D eigenvalue weighted by Gasteiger charge is -2.28. The molecule has 0 saturated carbocycles. The molecule has 2 rings (SSSR count). The van der Waals surface area contributed by atoms with Crippen molar-refractivity contribution in [2.45, 2.75) is 58.9 Å². The van der Waals surface area contributed by atoms with E-state index in [9.17, 15) is 14.4 Å². The maximum atomic E-state index is 13.0. The molecule has 0 bridgehead atoms. The molecule has 0 aromatic carbocycles. The third-order valence-electron chi connectivity index (χ3n) is 4.55. The number of hydrogen-bond donors (Lipinski definition) is 2. The number of aromatic amines is 1. The fourth-order valence-electron chi connectivity index (χ4n) is 3.17. The molecule has 1 aliphatic rings. The lowest BCUT2D eigenvalue weighted by atomic mass is 9.93. The number of aromatic nitrogens is 2. The minimum absolute atomic E-state index is 0.0790. The van der Waals surface area contributed by atoms with Gasteiger partial charge in [-0.1, -0.05) is 32.4 Å². The number of hydrogen-bond acceptors (Lipinski definition) is 4. The standard InChI is InChI=1S/C18H28N4O3/c1-3-5-12-22-15(19)14(16(23)20-18(22)25)21(11-4-2)17(24)13-9-7-6-8-10-13/h6-7,13H,3-5,8-12,19H2,1-2H3,(H,20,23,25). The monoisotopic (exact) mass is 348 g/mol. The first kappa shape index (κ1) is 19.0. The van der Waals surface area contributed by atoms with E-state index in [1.165, 1.54) is 9.47 Å². The summed E-state index contributed by atoms with van der Waals surface area (Å²) in [6, 6.07) is 0. The Morgan fingerprint density at radius 1 is 1.32 bits per heavy atom. The number of H-pyrrole nitrogens is 1. The number of nitrogens with zero attached hydrogens (tertiary/aromatic N) is 2. The van der Waals surface area contributed by atoms with Crippen LogP contribution in [0.15, 0.2) is 21.7 Å². The van der Waals surface area contributed by atoms with E-state index >= 15 is 0 Å². The van der Waals surface area contributed by atoms with E-state index in [0.717, 1.165) is 25.7 Å². The lowest BCUT2D eigenvalue weighted by Crippen LogP contribution is -2.44. The van der Waals surface area contributed by atoms with E-state index in [4.69, 9.17) is 5.73 Å². The minimum Gasteiger partial charge on any atom is -0.383 e. The number of nitrogen functional groups attached to an aromatic ring is 1. The Balaban J connectivity index is 2.46. The number of amides is 1. The second-order valence-corrected chi connectivity index (χ2v) is 6.47. The highest BCUT2D eigenvalue weighted by Gasteiger charge is 2.29. The lowest BCUT2D eigenvalue weighted by molar-refractivity contribution is -0.122. The van der Waals surface area contributed by atoms with Crippen LogP contribution in [0.5, 0.6) is 0 Å². The van der Waals surface area contributed by atoms with Crippen molar-refractivity contribution in [3.63, 3.8) is 0 Å². The van der Waals surface area contributed by atoms with Crippen LogP contribution < -0.4 is 21.9 Å². The van der Waals surface area contributed by atoms with Crippen LogP contribution in [0.2, 0.25) is 0 Å². The minimum atomic E-state index is -0.594. The van der Waals surface area contributed by atoms with Crippen molar-refractivity contribution in [2.75, 3.05) is 17.2 Å². The Hall–Kier alpha value is -2.31. The molecular formula is C18H28N4O3. The number of carbonyl (C=O) groups excluding carboxylic acids is 1. The largest absolute Gasteiger partial charge is 0.383 e. The van der Waals surface area contributed by atoms with Crippen LogP contribution in [-0.4, -0.2) is 22.0 Å². The zero-order valence-corrected chi connectivity index (χ0v) is 15.1. The van der Waals surface area contributed by atoms with Crippen LogP contribution in [0, 0.1) is 5.92 Å². The molecule has 1 amide bonds. The van der Waals surface area contributed by atoms with Gasteiger partial charge in [0.15, 0.2) is 5.69 Å². The molecule has 1 heterocycles. The van der Waals surface area contributed by atoms with Crippen LogP contribution in [0.3, 0.4) is 0 Å². The van der Waals surface area contributed by atoms with Crippen molar-refractivity contribution in [2.24, 2.45) is 5.92 Å². The van der Waals surface area contributed by atoms with Gasteiger partial charge in [-0.05, 0) is 32.1 Å². The predicted molar refractivity (Wildman–Crippen MR) is 99.8 cm³/mol. The van der Waals surface area contributed by atoms with Gasteiger partial charge in [0.25, 0.3) is 5.56 Å². The molecule has 0 fully saturated rings. The van der Waals surface area contributed by atoms with Crippen molar-refractivity contribution in [1.82, 2.24) is 9.55 Å². The number of carbonyl (C=O) groups is 1. The zero-order chi connectivity index (χ0) is 18.4. The van der Waals surface area contributed by atoms with Gasteiger partial charge in [-0.15, -0.1) is 0 Å². The van der Waals surface area contributed by atoms with Crippen LogP contribution in [0.25, 0.3) is 0 Å². The summed E-state index contributed by atoms with van der Waals surface area (Å²) in [4.78, 5) is 41.3. The van der Waals surface area contributed by atoms with Crippen LogP contribution in [-0.2, 0) is 11.3 Å². The fraction of sp³-hybridized carbons (Fsp3) is 0.611. The molecule has 0 aliphatic heterocycles. The first-order valence-corrected chi connectivity index (χ1v) is 9.10. The summed E-state index contributed by atoms with van der Waals surface area (Å²) in [7, 11) is 0. The van der Waals surface area contributed by atoms with Crippen LogP contribution in [0.4, 0.5) is 11.5 Å². The SMILES string of the molecule is CCCCn1c(N)c(N(CCC)C(=O)C2CC=CCC2)c(=O)[nH]c1=O. The maximum Gasteiger partial charge on any atom is 0.330 e. The van der Waals surface area contributed by atoms with Crippen molar-refractivity contribution >= 4 is 17.4 Å².